The van der Waals surface area contributed by atoms with Crippen molar-refractivity contribution in [2.24, 2.45) is 0 Å². The van der Waals surface area contributed by atoms with Crippen molar-refractivity contribution in [3.63, 3.8) is 0 Å². The summed E-state index contributed by atoms with van der Waals surface area (Å²) in [6.07, 6.45) is -3.94. The summed E-state index contributed by atoms with van der Waals surface area (Å²) < 4.78 is 0. The van der Waals surface area contributed by atoms with E-state index in [1.807, 2.05) is 0 Å². The van der Waals surface area contributed by atoms with Gasteiger partial charge in [0.05, 0.1) is 24.2 Å². The van der Waals surface area contributed by atoms with Crippen LogP contribution in [0.2, 0.25) is 0 Å². The Hall–Kier alpha value is -1.49. The minimum Gasteiger partial charge on any atom is -0.394 e. The molecule has 1 heterocycles. The van der Waals surface area contributed by atoms with Gasteiger partial charge >= 0.3 is 0 Å². The zero-order valence-corrected chi connectivity index (χ0v) is 11.1. The molecule has 0 saturated carbocycles. The lowest BCUT2D eigenvalue weighted by molar-refractivity contribution is -0.129. The van der Waals surface area contributed by atoms with Gasteiger partial charge in [0.2, 0.25) is 0 Å². The highest BCUT2D eigenvalue weighted by atomic mass is 16.4. The average Bonchev–Trinajstić information content (AvgIpc) is 2.52. The third-order valence-corrected chi connectivity index (χ3v) is 2.86. The van der Waals surface area contributed by atoms with Crippen LogP contribution in [0.4, 0.5) is 0 Å². The first-order chi connectivity index (χ1) is 9.90. The van der Waals surface area contributed by atoms with Crippen LogP contribution in [0.3, 0.4) is 0 Å². The number of carbonyl (C=O) groups excluding carboxylic acids is 1. The molecular formula is C12H18N2O7. The predicted octanol–water partition coefficient (Wildman–Crippen LogP) is -3.31. The van der Waals surface area contributed by atoms with Crippen molar-refractivity contribution >= 4 is 5.78 Å². The van der Waals surface area contributed by atoms with Gasteiger partial charge in [-0.15, -0.1) is 0 Å². The highest BCUT2D eigenvalue weighted by molar-refractivity contribution is 5.83. The first kappa shape index (κ1) is 17.6. The van der Waals surface area contributed by atoms with Crippen molar-refractivity contribution in [3.8, 4) is 0 Å². The van der Waals surface area contributed by atoms with Crippen molar-refractivity contribution in [1.29, 1.82) is 0 Å². The van der Waals surface area contributed by atoms with E-state index in [4.69, 9.17) is 10.2 Å². The molecule has 0 bridgehead atoms. The lowest BCUT2D eigenvalue weighted by Gasteiger charge is -2.20. The molecule has 0 radical (unpaired) electrons. The van der Waals surface area contributed by atoms with Crippen LogP contribution in [0.25, 0.3) is 0 Å². The van der Waals surface area contributed by atoms with E-state index in [1.165, 1.54) is 6.20 Å². The SMILES string of the molecule is O=C(CO)[C@@H](O)Cc1cnc([C@@H](O)[C@H](O)[C@H](O)CO)cn1. The molecule has 21 heavy (non-hydrogen) atoms. The zero-order chi connectivity index (χ0) is 16.0. The van der Waals surface area contributed by atoms with Crippen molar-refractivity contribution in [1.82, 2.24) is 9.97 Å². The molecule has 0 saturated heterocycles. The van der Waals surface area contributed by atoms with Gasteiger partial charge in [-0.3, -0.25) is 14.8 Å². The monoisotopic (exact) mass is 302 g/mol. The lowest BCUT2D eigenvalue weighted by Crippen LogP contribution is -2.35. The summed E-state index contributed by atoms with van der Waals surface area (Å²) in [7, 11) is 0. The molecule has 0 fully saturated rings. The summed E-state index contributed by atoms with van der Waals surface area (Å²) in [5.41, 5.74) is 0.208. The van der Waals surface area contributed by atoms with E-state index in [2.05, 4.69) is 9.97 Å². The van der Waals surface area contributed by atoms with Crippen LogP contribution < -0.4 is 0 Å². The fourth-order valence-corrected chi connectivity index (χ4v) is 1.53. The van der Waals surface area contributed by atoms with Crippen molar-refractivity contribution in [2.75, 3.05) is 13.2 Å². The predicted molar refractivity (Wildman–Crippen MR) is 67.9 cm³/mol. The molecule has 1 aromatic heterocycles. The summed E-state index contributed by atoms with van der Waals surface area (Å²) in [5.74, 6) is -0.748. The molecule has 0 spiro atoms. The van der Waals surface area contributed by atoms with Crippen LogP contribution in [-0.4, -0.2) is 77.9 Å². The molecule has 118 valence electrons. The number of hydrogen-bond donors (Lipinski definition) is 6. The highest BCUT2D eigenvalue weighted by Crippen LogP contribution is 2.16. The van der Waals surface area contributed by atoms with Gasteiger partial charge < -0.3 is 30.6 Å². The second kappa shape index (κ2) is 8.08. The second-order valence-corrected chi connectivity index (χ2v) is 4.46. The summed E-state index contributed by atoms with van der Waals surface area (Å²) in [6, 6.07) is 0. The topological polar surface area (TPSA) is 164 Å². The summed E-state index contributed by atoms with van der Waals surface area (Å²) in [6.45, 7) is -1.50. The fraction of sp³-hybridized carbons (Fsp3) is 0.583. The van der Waals surface area contributed by atoms with Crippen LogP contribution in [0.15, 0.2) is 12.4 Å². The average molecular weight is 302 g/mol. The Morgan fingerprint density at radius 3 is 2.24 bits per heavy atom. The highest BCUT2D eigenvalue weighted by Gasteiger charge is 2.26. The van der Waals surface area contributed by atoms with E-state index in [0.717, 1.165) is 6.20 Å². The van der Waals surface area contributed by atoms with Gasteiger partial charge in [0, 0.05) is 12.6 Å². The Balaban J connectivity index is 2.71. The Morgan fingerprint density at radius 1 is 1.10 bits per heavy atom. The van der Waals surface area contributed by atoms with Gasteiger partial charge in [0.1, 0.15) is 31.0 Å². The number of ketones is 1. The Labute approximate surface area is 120 Å². The molecule has 1 aromatic rings. The maximum absolute atomic E-state index is 11.0. The van der Waals surface area contributed by atoms with E-state index in [-0.39, 0.29) is 17.8 Å². The molecule has 4 atom stereocenters. The first-order valence-electron chi connectivity index (χ1n) is 6.18. The number of Topliss-reactive ketones (excluding diaryl/α,β-unsaturated/α-hetero) is 1. The van der Waals surface area contributed by atoms with Crippen molar-refractivity contribution in [3.05, 3.63) is 23.8 Å². The van der Waals surface area contributed by atoms with Crippen molar-refractivity contribution < 1.29 is 35.4 Å². The van der Waals surface area contributed by atoms with Gasteiger partial charge in [0.15, 0.2) is 5.78 Å². The third kappa shape index (κ3) is 4.77. The van der Waals surface area contributed by atoms with Gasteiger partial charge in [0.25, 0.3) is 0 Å². The summed E-state index contributed by atoms with van der Waals surface area (Å²) in [4.78, 5) is 18.7. The number of nitrogens with zero attached hydrogens (tertiary/aromatic N) is 2. The Morgan fingerprint density at radius 2 is 1.76 bits per heavy atom. The van der Waals surface area contributed by atoms with E-state index >= 15 is 0 Å². The molecule has 0 aliphatic heterocycles. The van der Waals surface area contributed by atoms with Gasteiger partial charge in [-0.05, 0) is 0 Å². The van der Waals surface area contributed by atoms with Crippen LogP contribution in [0.1, 0.15) is 17.5 Å². The normalized spacial score (nSPS) is 17.0. The number of rotatable bonds is 8. The maximum atomic E-state index is 11.0. The van der Waals surface area contributed by atoms with Crippen LogP contribution in [0.5, 0.6) is 0 Å². The quantitative estimate of drug-likeness (QED) is 0.288. The molecule has 6 N–H and O–H groups in total. The number of aliphatic hydroxyl groups excluding tert-OH is 6. The molecular weight excluding hydrogens is 284 g/mol. The third-order valence-electron chi connectivity index (χ3n) is 2.86. The molecule has 0 aromatic carbocycles. The van der Waals surface area contributed by atoms with Gasteiger partial charge in [-0.2, -0.15) is 0 Å². The fourth-order valence-electron chi connectivity index (χ4n) is 1.53. The second-order valence-electron chi connectivity index (χ2n) is 4.46. The Bertz CT molecular complexity index is 453. The number of hydrogen-bond acceptors (Lipinski definition) is 9. The van der Waals surface area contributed by atoms with E-state index in [9.17, 15) is 25.2 Å². The summed E-state index contributed by atoms with van der Waals surface area (Å²) >= 11 is 0. The first-order valence-corrected chi connectivity index (χ1v) is 6.18. The zero-order valence-electron chi connectivity index (χ0n) is 11.1. The van der Waals surface area contributed by atoms with Crippen LogP contribution >= 0.6 is 0 Å². The molecule has 0 amide bonds. The minimum absolute atomic E-state index is 0.0401. The van der Waals surface area contributed by atoms with E-state index < -0.39 is 43.4 Å². The number of aliphatic hydroxyl groups is 6. The number of aromatic nitrogens is 2. The molecule has 9 heteroatoms. The molecule has 0 aliphatic carbocycles. The van der Waals surface area contributed by atoms with Crippen molar-refractivity contribution in [2.45, 2.75) is 30.8 Å². The molecule has 9 nitrogen and oxygen atoms in total. The van der Waals surface area contributed by atoms with E-state index in [0.29, 0.717) is 0 Å². The number of carbonyl (C=O) groups is 1. The maximum Gasteiger partial charge on any atom is 0.186 e. The van der Waals surface area contributed by atoms with Gasteiger partial charge in [-0.25, -0.2) is 0 Å². The largest absolute Gasteiger partial charge is 0.394 e. The molecule has 0 unspecified atom stereocenters. The summed E-state index contributed by atoms with van der Waals surface area (Å²) in [5, 5.41) is 55.1. The van der Waals surface area contributed by atoms with Crippen LogP contribution in [-0.2, 0) is 11.2 Å². The van der Waals surface area contributed by atoms with Crippen LogP contribution in [0, 0.1) is 0 Å². The smallest absolute Gasteiger partial charge is 0.186 e. The lowest BCUT2D eigenvalue weighted by atomic mass is 10.1. The van der Waals surface area contributed by atoms with E-state index in [1.54, 1.807) is 0 Å². The van der Waals surface area contributed by atoms with Gasteiger partial charge in [-0.1, -0.05) is 0 Å². The molecule has 0 aliphatic rings. The Kier molecular flexibility index (Phi) is 6.75. The molecule has 1 rings (SSSR count). The standard InChI is InChI=1S/C12H18N2O7/c15-4-9(18)8(17)1-6-2-14-7(3-13-6)11(20)12(21)10(19)5-16/h2-3,8,10-12,15-17,19-21H,1,4-5H2/t8-,10+,11+,12+/m0/s1. The minimum atomic E-state index is -1.63.